The lowest BCUT2D eigenvalue weighted by Gasteiger charge is -2.27. The van der Waals surface area contributed by atoms with Crippen LogP contribution in [0.2, 0.25) is 5.02 Å². The summed E-state index contributed by atoms with van der Waals surface area (Å²) in [5.74, 6) is 0.548. The van der Waals surface area contributed by atoms with Crippen molar-refractivity contribution >= 4 is 11.6 Å². The van der Waals surface area contributed by atoms with Gasteiger partial charge < -0.3 is 10.1 Å². The van der Waals surface area contributed by atoms with Crippen molar-refractivity contribution in [1.82, 2.24) is 15.1 Å². The molecule has 1 aliphatic heterocycles. The Labute approximate surface area is 126 Å². The molecule has 2 rings (SSSR count). The lowest BCUT2D eigenvalue weighted by Crippen LogP contribution is -2.41. The summed E-state index contributed by atoms with van der Waals surface area (Å²) < 4.78 is 7.76. The summed E-state index contributed by atoms with van der Waals surface area (Å²) in [6.07, 6.45) is 2.35. The van der Waals surface area contributed by atoms with Crippen molar-refractivity contribution in [2.24, 2.45) is 5.92 Å². The van der Waals surface area contributed by atoms with Crippen LogP contribution < -0.4 is 5.32 Å². The van der Waals surface area contributed by atoms with Gasteiger partial charge in [0.15, 0.2) is 0 Å². The van der Waals surface area contributed by atoms with Crippen LogP contribution in [-0.4, -0.2) is 35.1 Å². The largest absolute Gasteiger partial charge is 0.378 e. The van der Waals surface area contributed by atoms with Crippen LogP contribution in [0.3, 0.4) is 0 Å². The zero-order valence-corrected chi connectivity index (χ0v) is 13.7. The maximum atomic E-state index is 6.44. The van der Waals surface area contributed by atoms with E-state index in [9.17, 15) is 0 Å². The van der Waals surface area contributed by atoms with E-state index in [1.54, 1.807) is 0 Å². The first-order chi connectivity index (χ1) is 9.58. The number of nitrogens with zero attached hydrogens (tertiary/aromatic N) is 2. The molecule has 3 unspecified atom stereocenters. The Morgan fingerprint density at radius 2 is 2.25 bits per heavy atom. The number of ether oxygens (including phenoxy) is 1. The molecule has 1 saturated heterocycles. The van der Waals surface area contributed by atoms with Gasteiger partial charge in [-0.05, 0) is 33.7 Å². The first-order valence-corrected chi connectivity index (χ1v) is 8.03. The van der Waals surface area contributed by atoms with Crippen molar-refractivity contribution in [2.45, 2.75) is 59.2 Å². The summed E-state index contributed by atoms with van der Waals surface area (Å²) in [6, 6.07) is 0.399. The van der Waals surface area contributed by atoms with Gasteiger partial charge in [0.05, 0.1) is 22.5 Å². The average Bonchev–Trinajstić information content (AvgIpc) is 2.96. The van der Waals surface area contributed by atoms with Gasteiger partial charge in [-0.3, -0.25) is 4.68 Å². The van der Waals surface area contributed by atoms with Gasteiger partial charge in [0.2, 0.25) is 0 Å². The zero-order chi connectivity index (χ0) is 14.7. The predicted octanol–water partition coefficient (Wildman–Crippen LogP) is 2.81. The molecule has 0 bridgehead atoms. The summed E-state index contributed by atoms with van der Waals surface area (Å²) in [4.78, 5) is 0. The minimum atomic E-state index is 0.317. The number of hydrogen-bond donors (Lipinski definition) is 1. The number of nitrogens with one attached hydrogen (secondary N) is 1. The first-order valence-electron chi connectivity index (χ1n) is 7.65. The van der Waals surface area contributed by atoms with Gasteiger partial charge >= 0.3 is 0 Å². The van der Waals surface area contributed by atoms with Crippen LogP contribution in [0.1, 0.15) is 38.6 Å². The highest BCUT2D eigenvalue weighted by molar-refractivity contribution is 6.31. The van der Waals surface area contributed by atoms with E-state index in [1.165, 1.54) is 0 Å². The number of halogens is 1. The van der Waals surface area contributed by atoms with E-state index >= 15 is 0 Å². The minimum Gasteiger partial charge on any atom is -0.378 e. The van der Waals surface area contributed by atoms with Crippen molar-refractivity contribution < 1.29 is 4.74 Å². The van der Waals surface area contributed by atoms with Crippen molar-refractivity contribution in [1.29, 1.82) is 0 Å². The van der Waals surface area contributed by atoms with Crippen molar-refractivity contribution in [2.75, 3.05) is 13.2 Å². The van der Waals surface area contributed by atoms with E-state index in [-0.39, 0.29) is 0 Å². The molecule has 20 heavy (non-hydrogen) atoms. The summed E-state index contributed by atoms with van der Waals surface area (Å²) in [5, 5.41) is 8.95. The predicted molar refractivity (Wildman–Crippen MR) is 82.3 cm³/mol. The molecule has 0 aromatic carbocycles. The molecule has 1 fully saturated rings. The third kappa shape index (κ3) is 3.18. The van der Waals surface area contributed by atoms with Crippen LogP contribution in [0.4, 0.5) is 0 Å². The molecule has 0 radical (unpaired) electrons. The monoisotopic (exact) mass is 299 g/mol. The minimum absolute atomic E-state index is 0.317. The SMILES string of the molecule is CCNC(Cc1c(Cl)c(C)nn1CC)C1CCOC1C. The highest BCUT2D eigenvalue weighted by Gasteiger charge is 2.32. The maximum absolute atomic E-state index is 6.44. The van der Waals surface area contributed by atoms with Crippen molar-refractivity contribution in [3.63, 3.8) is 0 Å². The highest BCUT2D eigenvalue weighted by atomic mass is 35.5. The average molecular weight is 300 g/mol. The van der Waals surface area contributed by atoms with Crippen LogP contribution in [0.25, 0.3) is 0 Å². The van der Waals surface area contributed by atoms with Gasteiger partial charge in [-0.1, -0.05) is 18.5 Å². The molecule has 3 atom stereocenters. The fourth-order valence-corrected chi connectivity index (χ4v) is 3.40. The Bertz CT molecular complexity index is 447. The van der Waals surface area contributed by atoms with E-state index in [0.29, 0.717) is 18.1 Å². The van der Waals surface area contributed by atoms with E-state index < -0.39 is 0 Å². The quantitative estimate of drug-likeness (QED) is 0.878. The molecule has 1 aliphatic rings. The Morgan fingerprint density at radius 3 is 2.80 bits per heavy atom. The van der Waals surface area contributed by atoms with Gasteiger partial charge in [0, 0.05) is 31.5 Å². The maximum Gasteiger partial charge on any atom is 0.0847 e. The molecule has 1 N–H and O–H groups in total. The molecule has 1 aromatic rings. The third-order valence-electron chi connectivity index (χ3n) is 4.28. The molecule has 2 heterocycles. The summed E-state index contributed by atoms with van der Waals surface area (Å²) >= 11 is 6.44. The molecule has 0 spiro atoms. The van der Waals surface area contributed by atoms with Gasteiger partial charge in [0.1, 0.15) is 0 Å². The molecular weight excluding hydrogens is 274 g/mol. The number of aryl methyl sites for hydroxylation is 2. The summed E-state index contributed by atoms with van der Waals surface area (Å²) in [5.41, 5.74) is 2.08. The lowest BCUT2D eigenvalue weighted by molar-refractivity contribution is 0.0953. The highest BCUT2D eigenvalue weighted by Crippen LogP contribution is 2.29. The number of rotatable bonds is 6. The van der Waals surface area contributed by atoms with E-state index in [4.69, 9.17) is 16.3 Å². The Kier molecular flexibility index (Phi) is 5.47. The van der Waals surface area contributed by atoms with E-state index in [0.717, 1.165) is 48.9 Å². The van der Waals surface area contributed by atoms with E-state index in [1.807, 2.05) is 11.6 Å². The van der Waals surface area contributed by atoms with Crippen LogP contribution in [0, 0.1) is 12.8 Å². The van der Waals surface area contributed by atoms with Gasteiger partial charge in [-0.15, -0.1) is 0 Å². The standard InChI is InChI=1S/C15H26ClN3O/c1-5-17-13(12-7-8-20-11(12)4)9-14-15(16)10(3)18-19(14)6-2/h11-13,17H,5-9H2,1-4H3. The van der Waals surface area contributed by atoms with Crippen LogP contribution in [-0.2, 0) is 17.7 Å². The second kappa shape index (κ2) is 6.92. The Balaban J connectivity index is 2.19. The second-order valence-electron chi connectivity index (χ2n) is 5.56. The van der Waals surface area contributed by atoms with Crippen LogP contribution >= 0.6 is 11.6 Å². The van der Waals surface area contributed by atoms with Crippen molar-refractivity contribution in [3.05, 3.63) is 16.4 Å². The molecule has 0 amide bonds. The number of aromatic nitrogens is 2. The van der Waals surface area contributed by atoms with Gasteiger partial charge in [-0.25, -0.2) is 0 Å². The molecule has 1 aromatic heterocycles. The number of hydrogen-bond acceptors (Lipinski definition) is 3. The third-order valence-corrected chi connectivity index (χ3v) is 4.78. The zero-order valence-electron chi connectivity index (χ0n) is 12.9. The van der Waals surface area contributed by atoms with Crippen LogP contribution in [0.15, 0.2) is 0 Å². The fourth-order valence-electron chi connectivity index (χ4n) is 3.19. The molecule has 0 aliphatic carbocycles. The Morgan fingerprint density at radius 1 is 1.50 bits per heavy atom. The normalized spacial score (nSPS) is 24.2. The molecule has 5 heteroatoms. The fraction of sp³-hybridized carbons (Fsp3) is 0.800. The first kappa shape index (κ1) is 15.8. The molecule has 114 valence electrons. The number of likely N-dealkylation sites (N-methyl/N-ethyl adjacent to an activating group) is 1. The second-order valence-corrected chi connectivity index (χ2v) is 5.94. The van der Waals surface area contributed by atoms with E-state index in [2.05, 4.69) is 31.2 Å². The molecule has 0 saturated carbocycles. The van der Waals surface area contributed by atoms with Gasteiger partial charge in [-0.2, -0.15) is 5.10 Å². The molecular formula is C15H26ClN3O. The van der Waals surface area contributed by atoms with Gasteiger partial charge in [0.25, 0.3) is 0 Å². The lowest BCUT2D eigenvalue weighted by atomic mass is 9.90. The summed E-state index contributed by atoms with van der Waals surface area (Å²) in [7, 11) is 0. The Hall–Kier alpha value is -0.580. The van der Waals surface area contributed by atoms with Crippen molar-refractivity contribution in [3.8, 4) is 0 Å². The smallest absolute Gasteiger partial charge is 0.0847 e. The van der Waals surface area contributed by atoms with Crippen LogP contribution in [0.5, 0.6) is 0 Å². The molecule has 4 nitrogen and oxygen atoms in total. The summed E-state index contributed by atoms with van der Waals surface area (Å²) in [6.45, 7) is 11.1. The topological polar surface area (TPSA) is 39.1 Å².